The zero-order chi connectivity index (χ0) is 9.19. The summed E-state index contributed by atoms with van der Waals surface area (Å²) in [5, 5.41) is 0. The van der Waals surface area contributed by atoms with E-state index in [0.29, 0.717) is 0 Å². The average Bonchev–Trinajstić information content (AvgIpc) is 2.03. The Labute approximate surface area is 75.0 Å². The minimum atomic E-state index is 0.182. The number of nitrogens with zero attached hydrogens (tertiary/aromatic N) is 1. The predicted octanol–water partition coefficient (Wildman–Crippen LogP) is 2.72. The number of hydrogen-bond donors (Lipinski definition) is 0. The van der Waals surface area contributed by atoms with Gasteiger partial charge in [0.1, 0.15) is 0 Å². The van der Waals surface area contributed by atoms with Gasteiger partial charge in [0.05, 0.1) is 0 Å². The molecule has 0 fully saturated rings. The molecule has 0 aliphatic rings. The van der Waals surface area contributed by atoms with Gasteiger partial charge in [0.15, 0.2) is 0 Å². The highest BCUT2D eigenvalue weighted by molar-refractivity contribution is 5.46. The summed E-state index contributed by atoms with van der Waals surface area (Å²) in [6.07, 6.45) is 0. The summed E-state index contributed by atoms with van der Waals surface area (Å²) in [6, 6.07) is 11.0. The molecular weight excluding hydrogens is 146 g/mol. The molecule has 0 aliphatic heterocycles. The lowest BCUT2D eigenvalue weighted by molar-refractivity contribution is 0.539. The molecule has 1 radical (unpaired) electrons. The monoisotopic (exact) mass is 162 g/mol. The zero-order valence-electron chi connectivity index (χ0n) is 8.26. The number of anilines is 1. The molecule has 0 amide bonds. The molecule has 65 valence electrons. The van der Waals surface area contributed by atoms with Crippen molar-refractivity contribution in [2.75, 3.05) is 11.9 Å². The van der Waals surface area contributed by atoms with Gasteiger partial charge in [0.2, 0.25) is 0 Å². The van der Waals surface area contributed by atoms with Crippen LogP contribution in [0, 0.1) is 6.07 Å². The van der Waals surface area contributed by atoms with Crippen molar-refractivity contribution in [2.24, 2.45) is 0 Å². The maximum Gasteiger partial charge on any atom is 0.0368 e. The van der Waals surface area contributed by atoms with E-state index >= 15 is 0 Å². The highest BCUT2D eigenvalue weighted by Gasteiger charge is 2.16. The van der Waals surface area contributed by atoms with Crippen LogP contribution >= 0.6 is 0 Å². The molecule has 1 rings (SSSR count). The lowest BCUT2D eigenvalue weighted by Crippen LogP contribution is -2.37. The maximum atomic E-state index is 3.01. The van der Waals surface area contributed by atoms with Crippen molar-refractivity contribution in [3.05, 3.63) is 30.3 Å². The Bertz CT molecular complexity index is 233. The molecule has 0 saturated carbocycles. The molecule has 0 bridgehead atoms. The van der Waals surface area contributed by atoms with Gasteiger partial charge in [-0.3, -0.25) is 0 Å². The summed E-state index contributed by atoms with van der Waals surface area (Å²) in [6.45, 7) is 6.59. The summed E-state index contributed by atoms with van der Waals surface area (Å²) < 4.78 is 0. The van der Waals surface area contributed by atoms with Crippen LogP contribution in [0.2, 0.25) is 0 Å². The molecule has 0 saturated heterocycles. The Balaban J connectivity index is 2.86. The van der Waals surface area contributed by atoms with Crippen molar-refractivity contribution in [1.82, 2.24) is 0 Å². The van der Waals surface area contributed by atoms with E-state index in [1.807, 2.05) is 12.1 Å². The average molecular weight is 162 g/mol. The fraction of sp³-hybridized carbons (Fsp3) is 0.455. The third-order valence-corrected chi connectivity index (χ3v) is 2.09. The predicted molar refractivity (Wildman–Crippen MR) is 53.4 cm³/mol. The first-order valence-electron chi connectivity index (χ1n) is 4.22. The van der Waals surface area contributed by atoms with Gasteiger partial charge in [0, 0.05) is 18.3 Å². The molecule has 0 unspecified atom stereocenters. The first kappa shape index (κ1) is 9.11. The van der Waals surface area contributed by atoms with E-state index in [2.05, 4.69) is 50.9 Å². The van der Waals surface area contributed by atoms with Gasteiger partial charge >= 0.3 is 0 Å². The van der Waals surface area contributed by atoms with E-state index in [1.165, 1.54) is 5.69 Å². The topological polar surface area (TPSA) is 3.24 Å². The Kier molecular flexibility index (Phi) is 2.41. The molecule has 0 aliphatic carbocycles. The molecule has 1 aromatic rings. The van der Waals surface area contributed by atoms with Crippen molar-refractivity contribution in [3.63, 3.8) is 0 Å². The van der Waals surface area contributed by atoms with E-state index in [1.54, 1.807) is 0 Å². The largest absolute Gasteiger partial charge is 0.370 e. The van der Waals surface area contributed by atoms with Crippen molar-refractivity contribution in [2.45, 2.75) is 26.3 Å². The van der Waals surface area contributed by atoms with Crippen molar-refractivity contribution < 1.29 is 0 Å². The van der Waals surface area contributed by atoms with E-state index in [0.717, 1.165) is 0 Å². The summed E-state index contributed by atoms with van der Waals surface area (Å²) in [5.41, 5.74) is 1.42. The number of benzene rings is 1. The lowest BCUT2D eigenvalue weighted by atomic mass is 10.1. The molecule has 0 atom stereocenters. The Morgan fingerprint density at radius 2 is 1.67 bits per heavy atom. The summed E-state index contributed by atoms with van der Waals surface area (Å²) >= 11 is 0. The van der Waals surface area contributed by atoms with Gasteiger partial charge in [-0.05, 0) is 39.0 Å². The summed E-state index contributed by atoms with van der Waals surface area (Å²) in [4.78, 5) is 2.25. The van der Waals surface area contributed by atoms with Crippen molar-refractivity contribution in [3.8, 4) is 0 Å². The van der Waals surface area contributed by atoms with Crippen LogP contribution in [0.25, 0.3) is 0 Å². The van der Waals surface area contributed by atoms with Gasteiger partial charge in [-0.15, -0.1) is 0 Å². The highest BCUT2D eigenvalue weighted by atomic mass is 15.2. The van der Waals surface area contributed by atoms with Crippen LogP contribution in [0.5, 0.6) is 0 Å². The normalized spacial score (nSPS) is 11.3. The minimum Gasteiger partial charge on any atom is -0.370 e. The minimum absolute atomic E-state index is 0.182. The van der Waals surface area contributed by atoms with E-state index < -0.39 is 0 Å². The molecule has 0 spiro atoms. The maximum absolute atomic E-state index is 3.01. The third kappa shape index (κ3) is 2.00. The molecule has 12 heavy (non-hydrogen) atoms. The standard InChI is InChI=1S/C11H16N/c1-11(2,3)12(4)10-8-6-5-7-9-10/h6-9H,1-4H3. The SMILES string of the molecule is CN(c1cc[c]cc1)C(C)(C)C. The van der Waals surface area contributed by atoms with E-state index in [-0.39, 0.29) is 5.54 Å². The lowest BCUT2D eigenvalue weighted by Gasteiger charge is -2.34. The third-order valence-electron chi connectivity index (χ3n) is 2.09. The van der Waals surface area contributed by atoms with Gasteiger partial charge in [-0.1, -0.05) is 12.1 Å². The first-order valence-corrected chi connectivity index (χ1v) is 4.22. The second kappa shape index (κ2) is 3.18. The molecule has 1 aromatic carbocycles. The van der Waals surface area contributed by atoms with Crippen LogP contribution in [0.15, 0.2) is 24.3 Å². The summed E-state index contributed by atoms with van der Waals surface area (Å²) in [7, 11) is 2.11. The van der Waals surface area contributed by atoms with Crippen LogP contribution in [-0.4, -0.2) is 12.6 Å². The van der Waals surface area contributed by atoms with Gasteiger partial charge in [-0.2, -0.15) is 0 Å². The fourth-order valence-corrected chi connectivity index (χ4v) is 0.989. The first-order chi connectivity index (χ1) is 5.52. The Morgan fingerprint density at radius 1 is 1.17 bits per heavy atom. The second-order valence-electron chi connectivity index (χ2n) is 3.99. The van der Waals surface area contributed by atoms with Gasteiger partial charge in [-0.25, -0.2) is 0 Å². The fourth-order valence-electron chi connectivity index (χ4n) is 0.989. The van der Waals surface area contributed by atoms with Crippen molar-refractivity contribution >= 4 is 5.69 Å². The van der Waals surface area contributed by atoms with Crippen LogP contribution in [-0.2, 0) is 0 Å². The van der Waals surface area contributed by atoms with Crippen LogP contribution in [0.4, 0.5) is 5.69 Å². The zero-order valence-corrected chi connectivity index (χ0v) is 8.26. The molecule has 0 heterocycles. The Hall–Kier alpha value is -0.980. The van der Waals surface area contributed by atoms with Crippen LogP contribution in [0.3, 0.4) is 0 Å². The molecular formula is C11H16N. The number of rotatable bonds is 1. The molecule has 0 aromatic heterocycles. The second-order valence-corrected chi connectivity index (χ2v) is 3.99. The highest BCUT2D eigenvalue weighted by Crippen LogP contribution is 2.20. The molecule has 1 heteroatoms. The smallest absolute Gasteiger partial charge is 0.0368 e. The van der Waals surface area contributed by atoms with Crippen LogP contribution in [0.1, 0.15) is 20.8 Å². The van der Waals surface area contributed by atoms with E-state index in [9.17, 15) is 0 Å². The van der Waals surface area contributed by atoms with Crippen LogP contribution < -0.4 is 4.90 Å². The quantitative estimate of drug-likeness (QED) is 0.613. The summed E-state index contributed by atoms with van der Waals surface area (Å²) in [5.74, 6) is 0. The number of hydrogen-bond acceptors (Lipinski definition) is 1. The van der Waals surface area contributed by atoms with Crippen molar-refractivity contribution in [1.29, 1.82) is 0 Å². The van der Waals surface area contributed by atoms with Gasteiger partial charge < -0.3 is 4.90 Å². The molecule has 1 nitrogen and oxygen atoms in total. The molecule has 0 N–H and O–H groups in total. The van der Waals surface area contributed by atoms with E-state index in [4.69, 9.17) is 0 Å². The van der Waals surface area contributed by atoms with Gasteiger partial charge in [0.25, 0.3) is 0 Å². The Morgan fingerprint density at radius 3 is 2.08 bits per heavy atom.